The van der Waals surface area contributed by atoms with Crippen molar-refractivity contribution >= 4 is 27.5 Å². The Morgan fingerprint density at radius 2 is 1.94 bits per heavy atom. The van der Waals surface area contributed by atoms with Crippen LogP contribution in [0.1, 0.15) is 12.6 Å². The Balaban J connectivity index is 1.62. The van der Waals surface area contributed by atoms with Gasteiger partial charge >= 0.3 is 0 Å². The molecule has 0 unspecified atom stereocenters. The van der Waals surface area contributed by atoms with Gasteiger partial charge in [0.2, 0.25) is 0 Å². The molecule has 0 aliphatic heterocycles. The third-order valence-corrected chi connectivity index (χ3v) is 5.78. The molecule has 5 aromatic heterocycles. The summed E-state index contributed by atoms with van der Waals surface area (Å²) in [5.74, 6) is 0. The maximum atomic E-state index is 4.98. The number of rotatable bonds is 6. The van der Waals surface area contributed by atoms with Gasteiger partial charge in [-0.15, -0.1) is 0 Å². The number of fused-ring (bicyclic) bond motifs is 2. The van der Waals surface area contributed by atoms with Gasteiger partial charge in [-0.2, -0.15) is 5.10 Å². The molecule has 0 spiro atoms. The molecule has 7 heteroatoms. The highest BCUT2D eigenvalue weighted by Crippen LogP contribution is 2.32. The number of nitrogens with zero attached hydrogens (tertiary/aromatic N) is 5. The Labute approximate surface area is 197 Å². The summed E-state index contributed by atoms with van der Waals surface area (Å²) in [5, 5.41) is 8.71. The van der Waals surface area contributed by atoms with Gasteiger partial charge in [0.15, 0.2) is 0 Å². The van der Waals surface area contributed by atoms with E-state index < -0.39 is 0 Å². The van der Waals surface area contributed by atoms with E-state index in [4.69, 9.17) is 4.98 Å². The van der Waals surface area contributed by atoms with Crippen molar-refractivity contribution in [2.24, 2.45) is 0 Å². The lowest BCUT2D eigenvalue weighted by Crippen LogP contribution is -2.09. The molecule has 34 heavy (non-hydrogen) atoms. The molecule has 168 valence electrons. The van der Waals surface area contributed by atoms with Crippen LogP contribution in [0.5, 0.6) is 0 Å². The summed E-state index contributed by atoms with van der Waals surface area (Å²) in [7, 11) is 3.99. The smallest absolute Gasteiger partial charge is 0.135 e. The van der Waals surface area contributed by atoms with Crippen molar-refractivity contribution in [3.63, 3.8) is 0 Å². The normalized spacial score (nSPS) is 12.4. The predicted octanol–water partition coefficient (Wildman–Crippen LogP) is 5.60. The quantitative estimate of drug-likeness (QED) is 0.331. The molecular formula is C27H25N7. The molecule has 0 amide bonds. The molecular weight excluding hydrogens is 422 g/mol. The number of pyridine rings is 3. The van der Waals surface area contributed by atoms with Crippen molar-refractivity contribution in [3.05, 3.63) is 91.2 Å². The zero-order valence-corrected chi connectivity index (χ0v) is 19.4. The highest BCUT2D eigenvalue weighted by molar-refractivity contribution is 5.99. The standard InChI is InChI=1S/C27H25N7/c1-5-17(14-19(6-2)34(3)4)21-9-10-23-26(31-21)27(33-32-23)24-15-20-22(30-24)11-13-29-25(20)18-8-7-12-28-16-18/h5-16,30H,2H2,1,3-4H3,(H,32,33)/b17-5+,19-14+. The van der Waals surface area contributed by atoms with Crippen LogP contribution in [0.4, 0.5) is 0 Å². The molecule has 5 heterocycles. The van der Waals surface area contributed by atoms with Crippen LogP contribution in [-0.4, -0.2) is 49.1 Å². The number of allylic oxidation sites excluding steroid dienone is 4. The molecule has 0 atom stereocenters. The van der Waals surface area contributed by atoms with Gasteiger partial charge in [-0.3, -0.25) is 15.1 Å². The summed E-state index contributed by atoms with van der Waals surface area (Å²) in [4.78, 5) is 19.3. The second-order valence-electron chi connectivity index (χ2n) is 8.12. The second-order valence-corrected chi connectivity index (χ2v) is 8.12. The van der Waals surface area contributed by atoms with Crippen molar-refractivity contribution in [2.75, 3.05) is 14.1 Å². The van der Waals surface area contributed by atoms with Crippen LogP contribution < -0.4 is 0 Å². The average molecular weight is 448 g/mol. The summed E-state index contributed by atoms with van der Waals surface area (Å²) in [5.41, 5.74) is 9.03. The van der Waals surface area contributed by atoms with E-state index in [0.717, 1.165) is 61.5 Å². The first kappa shape index (κ1) is 21.3. The van der Waals surface area contributed by atoms with Crippen LogP contribution in [0.25, 0.3) is 50.2 Å². The first-order valence-corrected chi connectivity index (χ1v) is 11.0. The molecule has 0 fully saturated rings. The van der Waals surface area contributed by atoms with Gasteiger partial charge in [-0.05, 0) is 61.0 Å². The van der Waals surface area contributed by atoms with Crippen LogP contribution in [0.2, 0.25) is 0 Å². The van der Waals surface area contributed by atoms with Gasteiger partial charge < -0.3 is 9.88 Å². The van der Waals surface area contributed by atoms with Gasteiger partial charge in [0, 0.05) is 54.8 Å². The maximum Gasteiger partial charge on any atom is 0.135 e. The fourth-order valence-electron chi connectivity index (χ4n) is 4.00. The first-order chi connectivity index (χ1) is 16.6. The van der Waals surface area contributed by atoms with Gasteiger partial charge in [-0.1, -0.05) is 12.7 Å². The Morgan fingerprint density at radius 1 is 1.06 bits per heavy atom. The van der Waals surface area contributed by atoms with E-state index in [-0.39, 0.29) is 0 Å². The van der Waals surface area contributed by atoms with Gasteiger partial charge in [0.05, 0.1) is 22.6 Å². The minimum absolute atomic E-state index is 0.765. The molecule has 2 N–H and O–H groups in total. The number of aromatic amines is 2. The van der Waals surface area contributed by atoms with Gasteiger partial charge in [0.25, 0.3) is 0 Å². The number of likely N-dealkylation sites (N-methyl/N-ethyl adjacent to an activating group) is 1. The van der Waals surface area contributed by atoms with Crippen molar-refractivity contribution in [3.8, 4) is 22.6 Å². The molecule has 0 aliphatic carbocycles. The Bertz CT molecular complexity index is 1550. The van der Waals surface area contributed by atoms with E-state index in [1.165, 1.54) is 0 Å². The Kier molecular flexibility index (Phi) is 5.51. The lowest BCUT2D eigenvalue weighted by atomic mass is 10.1. The fourth-order valence-corrected chi connectivity index (χ4v) is 4.00. The molecule has 5 rings (SSSR count). The summed E-state index contributed by atoms with van der Waals surface area (Å²) in [6, 6.07) is 12.0. The van der Waals surface area contributed by atoms with Crippen LogP contribution >= 0.6 is 0 Å². The third-order valence-electron chi connectivity index (χ3n) is 5.78. The molecule has 0 aromatic carbocycles. The minimum atomic E-state index is 0.765. The number of hydrogen-bond acceptors (Lipinski definition) is 5. The topological polar surface area (TPSA) is 86.4 Å². The minimum Gasteiger partial charge on any atom is -0.378 e. The zero-order chi connectivity index (χ0) is 23.7. The second kappa shape index (κ2) is 8.78. The van der Waals surface area contributed by atoms with Gasteiger partial charge in [0.1, 0.15) is 11.2 Å². The largest absolute Gasteiger partial charge is 0.378 e. The highest BCUT2D eigenvalue weighted by atomic mass is 15.1. The van der Waals surface area contributed by atoms with E-state index in [1.54, 1.807) is 12.4 Å². The molecule has 0 aliphatic rings. The third kappa shape index (κ3) is 3.77. The predicted molar refractivity (Wildman–Crippen MR) is 138 cm³/mol. The van der Waals surface area contributed by atoms with Crippen LogP contribution in [-0.2, 0) is 0 Å². The lowest BCUT2D eigenvalue weighted by Gasteiger charge is -2.14. The van der Waals surface area contributed by atoms with Crippen LogP contribution in [0, 0.1) is 0 Å². The molecule has 7 nitrogen and oxygen atoms in total. The molecule has 5 aromatic rings. The highest BCUT2D eigenvalue weighted by Gasteiger charge is 2.16. The van der Waals surface area contributed by atoms with Crippen LogP contribution in [0.3, 0.4) is 0 Å². The lowest BCUT2D eigenvalue weighted by molar-refractivity contribution is 0.530. The zero-order valence-electron chi connectivity index (χ0n) is 19.4. The number of hydrogen-bond donors (Lipinski definition) is 2. The van der Waals surface area contributed by atoms with E-state index in [1.807, 2.05) is 68.5 Å². The van der Waals surface area contributed by atoms with E-state index in [9.17, 15) is 0 Å². The number of H-pyrrole nitrogens is 2. The number of aromatic nitrogens is 6. The van der Waals surface area contributed by atoms with Crippen molar-refractivity contribution in [1.29, 1.82) is 0 Å². The molecule has 0 saturated carbocycles. The van der Waals surface area contributed by atoms with Crippen LogP contribution in [0.15, 0.2) is 85.5 Å². The summed E-state index contributed by atoms with van der Waals surface area (Å²) >= 11 is 0. The summed E-state index contributed by atoms with van der Waals surface area (Å²) < 4.78 is 0. The monoisotopic (exact) mass is 447 g/mol. The Morgan fingerprint density at radius 3 is 2.68 bits per heavy atom. The van der Waals surface area contributed by atoms with E-state index in [0.29, 0.717) is 0 Å². The number of nitrogens with one attached hydrogen (secondary N) is 2. The SMILES string of the molecule is C=C/C(=C\C(=C/C)c1ccc2[nH]nc(-c3cc4c(-c5cccnc5)nccc4[nH]3)c2n1)N(C)C. The van der Waals surface area contributed by atoms with Gasteiger partial charge in [-0.25, -0.2) is 4.98 Å². The van der Waals surface area contributed by atoms with Crippen molar-refractivity contribution in [1.82, 2.24) is 35.0 Å². The first-order valence-electron chi connectivity index (χ1n) is 11.0. The maximum absolute atomic E-state index is 4.98. The molecule has 0 saturated heterocycles. The molecule has 0 bridgehead atoms. The van der Waals surface area contributed by atoms with Crippen molar-refractivity contribution in [2.45, 2.75) is 6.92 Å². The van der Waals surface area contributed by atoms with E-state index >= 15 is 0 Å². The van der Waals surface area contributed by atoms with E-state index in [2.05, 4.69) is 49.9 Å². The summed E-state index contributed by atoms with van der Waals surface area (Å²) in [6.45, 7) is 5.93. The average Bonchev–Trinajstić information content (AvgIpc) is 3.48. The summed E-state index contributed by atoms with van der Waals surface area (Å²) in [6.07, 6.45) is 11.4. The fraction of sp³-hybridized carbons (Fsp3) is 0.111. The molecule has 0 radical (unpaired) electrons. The Hall–Kier alpha value is -4.52. The van der Waals surface area contributed by atoms with Crippen molar-refractivity contribution < 1.29 is 0 Å².